The lowest BCUT2D eigenvalue weighted by Crippen LogP contribution is -1.95. The van der Waals surface area contributed by atoms with Crippen LogP contribution in [0.2, 0.25) is 0 Å². The second kappa shape index (κ2) is 3.94. The van der Waals surface area contributed by atoms with Crippen molar-refractivity contribution in [1.82, 2.24) is 9.99 Å². The maximum absolute atomic E-state index is 4.09. The average molecular weight is 222 g/mol. The van der Waals surface area contributed by atoms with E-state index in [0.29, 0.717) is 0 Å². The summed E-state index contributed by atoms with van der Waals surface area (Å²) in [6, 6.07) is 10.3. The Morgan fingerprint density at radius 3 is 2.59 bits per heavy atom. The second-order valence-electron chi connectivity index (χ2n) is 4.01. The summed E-state index contributed by atoms with van der Waals surface area (Å²) in [7, 11) is 0. The Bertz CT molecular complexity index is 591. The molecular formula is C14H12N3. The van der Waals surface area contributed by atoms with E-state index in [0.717, 1.165) is 17.0 Å². The number of aryl methyl sites for hydroxylation is 1. The molecule has 1 aromatic heterocycles. The van der Waals surface area contributed by atoms with E-state index in [1.165, 1.54) is 5.56 Å². The van der Waals surface area contributed by atoms with E-state index in [4.69, 9.17) is 0 Å². The number of nitrogens with zero attached hydrogens (tertiary/aromatic N) is 3. The van der Waals surface area contributed by atoms with Crippen molar-refractivity contribution < 1.29 is 0 Å². The van der Waals surface area contributed by atoms with E-state index in [1.54, 1.807) is 6.20 Å². The van der Waals surface area contributed by atoms with Crippen LogP contribution in [0.15, 0.2) is 60.1 Å². The lowest BCUT2D eigenvalue weighted by Gasteiger charge is -2.00. The van der Waals surface area contributed by atoms with Gasteiger partial charge in [-0.25, -0.2) is 0 Å². The third kappa shape index (κ3) is 1.76. The first kappa shape index (κ1) is 9.90. The number of allylic oxidation sites excluding steroid dienone is 1. The molecule has 2 aromatic rings. The van der Waals surface area contributed by atoms with E-state index in [1.807, 2.05) is 24.3 Å². The summed E-state index contributed by atoms with van der Waals surface area (Å²) in [5, 5.41) is 4.09. The van der Waals surface area contributed by atoms with Gasteiger partial charge in [0.2, 0.25) is 0 Å². The maximum atomic E-state index is 4.09. The van der Waals surface area contributed by atoms with Crippen LogP contribution in [0.4, 0.5) is 0 Å². The normalized spacial score (nSPS) is 13.6. The lowest BCUT2D eigenvalue weighted by molar-refractivity contribution is 0.972. The molecule has 1 aliphatic rings. The minimum absolute atomic E-state index is 0.928. The minimum atomic E-state index is 0.928. The molecule has 0 spiro atoms. The van der Waals surface area contributed by atoms with E-state index in [2.05, 4.69) is 46.5 Å². The summed E-state index contributed by atoms with van der Waals surface area (Å²) >= 11 is 0. The van der Waals surface area contributed by atoms with Crippen LogP contribution in [0.1, 0.15) is 11.1 Å². The van der Waals surface area contributed by atoms with E-state index in [9.17, 15) is 0 Å². The molecule has 17 heavy (non-hydrogen) atoms. The van der Waals surface area contributed by atoms with Gasteiger partial charge in [-0.05, 0) is 30.7 Å². The largest absolute Gasteiger partial charge is 0.323 e. The molecule has 0 fully saturated rings. The highest BCUT2D eigenvalue weighted by atomic mass is 15.3. The number of para-hydroxylation sites is 1. The molecule has 0 saturated carbocycles. The zero-order valence-electron chi connectivity index (χ0n) is 9.54. The number of hydrogen-bond donors (Lipinski definition) is 0. The standard InChI is InChI=1S/C14H12N3/c1-11-9-17(12-5-3-2-4-6-12)10-13(11)14-7-8-15-16-14/h2-10H,1H3. The first-order valence-electron chi connectivity index (χ1n) is 5.53. The highest BCUT2D eigenvalue weighted by Gasteiger charge is 2.11. The molecule has 3 nitrogen and oxygen atoms in total. The fourth-order valence-electron chi connectivity index (χ4n) is 1.95. The molecule has 0 saturated heterocycles. The zero-order valence-corrected chi connectivity index (χ0v) is 9.54. The van der Waals surface area contributed by atoms with Crippen molar-refractivity contribution in [2.75, 3.05) is 0 Å². The van der Waals surface area contributed by atoms with Gasteiger partial charge in [-0.3, -0.25) is 0 Å². The second-order valence-corrected chi connectivity index (χ2v) is 4.01. The third-order valence-corrected chi connectivity index (χ3v) is 2.82. The van der Waals surface area contributed by atoms with Crippen LogP contribution >= 0.6 is 0 Å². The SMILES string of the molecule is Cc1cn(-c2ccccc2)cc1C1=N[N]C=C1. The van der Waals surface area contributed by atoms with Crippen molar-refractivity contribution in [3.05, 3.63) is 66.1 Å². The number of hydrogen-bond acceptors (Lipinski definition) is 1. The topological polar surface area (TPSA) is 31.4 Å². The molecular weight excluding hydrogens is 210 g/mol. The van der Waals surface area contributed by atoms with Crippen LogP contribution < -0.4 is 5.43 Å². The minimum Gasteiger partial charge on any atom is -0.323 e. The Hall–Kier alpha value is -2.29. The molecule has 0 atom stereocenters. The fraction of sp³-hybridized carbons (Fsp3) is 0.0714. The van der Waals surface area contributed by atoms with Crippen LogP contribution in [0.3, 0.4) is 0 Å². The third-order valence-electron chi connectivity index (χ3n) is 2.82. The molecule has 3 rings (SSSR count). The van der Waals surface area contributed by atoms with Crippen molar-refractivity contribution in [2.24, 2.45) is 5.10 Å². The van der Waals surface area contributed by atoms with Crippen molar-refractivity contribution in [3.8, 4) is 5.69 Å². The smallest absolute Gasteiger partial charge is 0.0963 e. The molecule has 2 heterocycles. The predicted octanol–water partition coefficient (Wildman–Crippen LogP) is 2.62. The summed E-state index contributed by atoms with van der Waals surface area (Å²) < 4.78 is 2.11. The fourth-order valence-corrected chi connectivity index (χ4v) is 1.95. The number of rotatable bonds is 2. The van der Waals surface area contributed by atoms with Crippen molar-refractivity contribution in [2.45, 2.75) is 6.92 Å². The van der Waals surface area contributed by atoms with Crippen molar-refractivity contribution in [3.63, 3.8) is 0 Å². The lowest BCUT2D eigenvalue weighted by atomic mass is 10.1. The molecule has 3 heteroatoms. The van der Waals surface area contributed by atoms with Gasteiger partial charge < -0.3 is 4.57 Å². The molecule has 0 amide bonds. The van der Waals surface area contributed by atoms with Gasteiger partial charge in [-0.1, -0.05) is 18.2 Å². The van der Waals surface area contributed by atoms with Crippen LogP contribution in [-0.2, 0) is 0 Å². The first-order valence-corrected chi connectivity index (χ1v) is 5.53. The molecule has 1 radical (unpaired) electrons. The molecule has 83 valence electrons. The van der Waals surface area contributed by atoms with Crippen LogP contribution in [0, 0.1) is 6.92 Å². The highest BCUT2D eigenvalue weighted by Crippen LogP contribution is 2.17. The van der Waals surface area contributed by atoms with Gasteiger partial charge in [0.1, 0.15) is 0 Å². The summed E-state index contributed by atoms with van der Waals surface area (Å²) in [4.78, 5) is 0. The Kier molecular flexibility index (Phi) is 2.29. The number of aromatic nitrogens is 1. The van der Waals surface area contributed by atoms with E-state index < -0.39 is 0 Å². The molecule has 1 aromatic carbocycles. The summed E-state index contributed by atoms with van der Waals surface area (Å²) in [5.41, 5.74) is 8.28. The number of benzene rings is 1. The van der Waals surface area contributed by atoms with Crippen LogP contribution in [-0.4, -0.2) is 10.3 Å². The quantitative estimate of drug-likeness (QED) is 0.748. The van der Waals surface area contributed by atoms with Gasteiger partial charge in [0.05, 0.1) is 11.9 Å². The van der Waals surface area contributed by atoms with Crippen molar-refractivity contribution >= 4 is 5.71 Å². The van der Waals surface area contributed by atoms with Gasteiger partial charge in [-0.15, -0.1) is 0 Å². The van der Waals surface area contributed by atoms with Crippen LogP contribution in [0.5, 0.6) is 0 Å². The van der Waals surface area contributed by atoms with Gasteiger partial charge in [0, 0.05) is 23.6 Å². The molecule has 0 bridgehead atoms. The highest BCUT2D eigenvalue weighted by molar-refractivity contribution is 6.10. The summed E-state index contributed by atoms with van der Waals surface area (Å²) in [5.74, 6) is 0. The molecule has 1 aliphatic heterocycles. The Balaban J connectivity index is 2.04. The van der Waals surface area contributed by atoms with Gasteiger partial charge in [0.15, 0.2) is 0 Å². The summed E-state index contributed by atoms with van der Waals surface area (Å²) in [6.07, 6.45) is 7.85. The van der Waals surface area contributed by atoms with E-state index >= 15 is 0 Å². The maximum Gasteiger partial charge on any atom is 0.0963 e. The molecule has 0 aliphatic carbocycles. The van der Waals surface area contributed by atoms with Gasteiger partial charge in [-0.2, -0.15) is 10.5 Å². The van der Waals surface area contributed by atoms with Crippen molar-refractivity contribution in [1.29, 1.82) is 0 Å². The Labute approximate surface area is 100 Å². The first-order chi connectivity index (χ1) is 8.34. The van der Waals surface area contributed by atoms with Gasteiger partial charge >= 0.3 is 0 Å². The molecule has 0 unspecified atom stereocenters. The summed E-state index contributed by atoms with van der Waals surface area (Å²) in [6.45, 7) is 2.09. The predicted molar refractivity (Wildman–Crippen MR) is 68.3 cm³/mol. The van der Waals surface area contributed by atoms with Gasteiger partial charge in [0.25, 0.3) is 0 Å². The Morgan fingerprint density at radius 2 is 1.88 bits per heavy atom. The van der Waals surface area contributed by atoms with Crippen LogP contribution in [0.25, 0.3) is 5.69 Å². The van der Waals surface area contributed by atoms with E-state index in [-0.39, 0.29) is 0 Å². The monoisotopic (exact) mass is 222 g/mol. The Morgan fingerprint density at radius 1 is 1.06 bits per heavy atom. The molecule has 0 N–H and O–H groups in total. The zero-order chi connectivity index (χ0) is 11.7. The average Bonchev–Trinajstić information content (AvgIpc) is 2.99.